The quantitative estimate of drug-likeness (QED) is 0.238. The van der Waals surface area contributed by atoms with Crippen LogP contribution in [0.25, 0.3) is 0 Å². The van der Waals surface area contributed by atoms with Crippen molar-refractivity contribution in [1.29, 1.82) is 0 Å². The highest BCUT2D eigenvalue weighted by Crippen LogP contribution is 2.19. The molecule has 0 aromatic carbocycles. The summed E-state index contributed by atoms with van der Waals surface area (Å²) in [4.78, 5) is 26.1. The maximum atomic E-state index is 11.0. The van der Waals surface area contributed by atoms with Crippen LogP contribution in [0.2, 0.25) is 0 Å². The molecule has 122 valence electrons. The Morgan fingerprint density at radius 2 is 1.95 bits per heavy atom. The smallest absolute Gasteiger partial charge is 0.262 e. The predicted octanol–water partition coefficient (Wildman–Crippen LogP) is -4.56. The van der Waals surface area contributed by atoms with Gasteiger partial charge in [0.05, 0.1) is 0 Å². The predicted molar refractivity (Wildman–Crippen MR) is 66.8 cm³/mol. The Labute approximate surface area is 120 Å². The van der Waals surface area contributed by atoms with Gasteiger partial charge in [-0.25, -0.2) is 11.3 Å². The van der Waals surface area contributed by atoms with E-state index in [1.54, 1.807) is 0 Å². The molecule has 2 unspecified atom stereocenters. The highest BCUT2D eigenvalue weighted by Gasteiger charge is 2.44. The summed E-state index contributed by atoms with van der Waals surface area (Å²) in [7, 11) is 0. The number of nitrogens with one attached hydrogen (secondary N) is 3. The lowest BCUT2D eigenvalue weighted by molar-refractivity contribution is -0.246. The second-order valence-electron chi connectivity index (χ2n) is 4.51. The van der Waals surface area contributed by atoms with E-state index < -0.39 is 42.5 Å². The van der Waals surface area contributed by atoms with Crippen LogP contribution in [-0.4, -0.2) is 70.9 Å². The van der Waals surface area contributed by atoms with Crippen molar-refractivity contribution < 1.29 is 34.5 Å². The Hall–Kier alpha value is -1.34. The third-order valence-corrected chi connectivity index (χ3v) is 2.84. The molecule has 1 fully saturated rings. The van der Waals surface area contributed by atoms with Crippen LogP contribution < -0.4 is 22.1 Å². The van der Waals surface area contributed by atoms with Gasteiger partial charge in [0.15, 0.2) is 6.29 Å². The average molecular weight is 308 g/mol. The molecule has 5 atom stereocenters. The molecule has 8 N–H and O–H groups in total. The lowest BCUT2D eigenvalue weighted by atomic mass is 9.96. The van der Waals surface area contributed by atoms with Gasteiger partial charge in [-0.3, -0.25) is 19.9 Å². The molecule has 1 saturated heterocycles. The molecule has 0 aliphatic carbocycles. The van der Waals surface area contributed by atoms with E-state index in [9.17, 15) is 24.9 Å². The van der Waals surface area contributed by atoms with Crippen LogP contribution in [0.1, 0.15) is 6.92 Å². The second-order valence-corrected chi connectivity index (χ2v) is 4.51. The van der Waals surface area contributed by atoms with E-state index in [1.165, 1.54) is 6.92 Å². The van der Waals surface area contributed by atoms with Crippen molar-refractivity contribution >= 4 is 11.8 Å². The van der Waals surface area contributed by atoms with Crippen molar-refractivity contribution in [3.8, 4) is 0 Å². The molecule has 0 radical (unpaired) electrons. The van der Waals surface area contributed by atoms with Crippen LogP contribution >= 0.6 is 0 Å². The van der Waals surface area contributed by atoms with Crippen molar-refractivity contribution in [2.24, 2.45) is 5.90 Å². The normalized spacial score (nSPS) is 32.5. The zero-order chi connectivity index (χ0) is 16.0. The monoisotopic (exact) mass is 308 g/mol. The van der Waals surface area contributed by atoms with Crippen LogP contribution in [0.15, 0.2) is 0 Å². The third-order valence-electron chi connectivity index (χ3n) is 2.84. The molecule has 0 aromatic rings. The number of carbonyl (C=O) groups is 2. The van der Waals surface area contributed by atoms with Crippen molar-refractivity contribution in [2.45, 2.75) is 37.6 Å². The molecule has 1 heterocycles. The van der Waals surface area contributed by atoms with Crippen molar-refractivity contribution in [3.05, 3.63) is 0 Å². The highest BCUT2D eigenvalue weighted by molar-refractivity contribution is 5.76. The van der Waals surface area contributed by atoms with Crippen LogP contribution in [-0.2, 0) is 19.2 Å². The Morgan fingerprint density at radius 3 is 2.52 bits per heavy atom. The van der Waals surface area contributed by atoms with Gasteiger partial charge in [-0.1, -0.05) is 0 Å². The third kappa shape index (κ3) is 5.17. The van der Waals surface area contributed by atoms with Gasteiger partial charge in [-0.2, -0.15) is 0 Å². The first-order valence-corrected chi connectivity index (χ1v) is 6.17. The summed E-state index contributed by atoms with van der Waals surface area (Å²) < 4.78 is 5.09. The van der Waals surface area contributed by atoms with E-state index in [0.29, 0.717) is 0 Å². The fourth-order valence-corrected chi connectivity index (χ4v) is 1.87. The molecule has 1 aliphatic rings. The maximum absolute atomic E-state index is 11.0. The number of rotatable bonds is 6. The Morgan fingerprint density at radius 1 is 1.29 bits per heavy atom. The van der Waals surface area contributed by atoms with Crippen molar-refractivity contribution in [1.82, 2.24) is 16.2 Å². The molecule has 0 aromatic heterocycles. The number of carbonyl (C=O) groups excluding carboxylic acids is 2. The number of hydrazine groups is 1. The van der Waals surface area contributed by atoms with Gasteiger partial charge in [0, 0.05) is 13.5 Å². The zero-order valence-electron chi connectivity index (χ0n) is 11.4. The van der Waals surface area contributed by atoms with E-state index in [1.807, 2.05) is 0 Å². The number of aliphatic hydroxyl groups excluding tert-OH is 3. The number of hydrogen-bond donors (Lipinski definition) is 7. The van der Waals surface area contributed by atoms with E-state index in [0.717, 1.165) is 0 Å². The first-order valence-electron chi connectivity index (χ1n) is 6.17. The maximum Gasteiger partial charge on any atom is 0.262 e. The summed E-state index contributed by atoms with van der Waals surface area (Å²) in [6, 6.07) is -1.14. The minimum Gasteiger partial charge on any atom is -0.388 e. The molecule has 2 amide bonds. The largest absolute Gasteiger partial charge is 0.388 e. The molecule has 21 heavy (non-hydrogen) atoms. The minimum atomic E-state index is -1.50. The minimum absolute atomic E-state index is 0.0988. The first-order chi connectivity index (χ1) is 9.86. The fourth-order valence-electron chi connectivity index (χ4n) is 1.87. The molecular weight excluding hydrogens is 288 g/mol. The van der Waals surface area contributed by atoms with Crippen molar-refractivity contribution in [3.63, 3.8) is 0 Å². The standard InChI is InChI=1S/C10H20N4O7/c1-4(15)13-7-9(18)8(17)5(21-10(7)19)2-12-14-6(16)3-20-11/h5,7-10,12,17-19H,2-3,11H2,1H3,(H,13,15)(H,14,16)/t5?,7?,8-,9-,10+/m1/s1. The summed E-state index contributed by atoms with van der Waals surface area (Å²) >= 11 is 0. The lowest BCUT2D eigenvalue weighted by Gasteiger charge is -2.40. The van der Waals surface area contributed by atoms with Crippen LogP contribution in [0.4, 0.5) is 0 Å². The van der Waals surface area contributed by atoms with Gasteiger partial charge in [0.25, 0.3) is 5.91 Å². The van der Waals surface area contributed by atoms with Crippen LogP contribution in [0, 0.1) is 0 Å². The highest BCUT2D eigenvalue weighted by atomic mass is 16.6. The molecule has 11 heteroatoms. The van der Waals surface area contributed by atoms with Gasteiger partial charge < -0.3 is 25.4 Å². The summed E-state index contributed by atoms with van der Waals surface area (Å²) in [5, 5.41) is 31.7. The van der Waals surface area contributed by atoms with E-state index in [2.05, 4.69) is 21.0 Å². The van der Waals surface area contributed by atoms with E-state index in [-0.39, 0.29) is 13.2 Å². The van der Waals surface area contributed by atoms with Crippen molar-refractivity contribution in [2.75, 3.05) is 13.2 Å². The Balaban J connectivity index is 2.47. The first kappa shape index (κ1) is 17.7. The van der Waals surface area contributed by atoms with E-state index >= 15 is 0 Å². The Kier molecular flexibility index (Phi) is 6.91. The zero-order valence-corrected chi connectivity index (χ0v) is 11.4. The van der Waals surface area contributed by atoms with Gasteiger partial charge in [0.1, 0.15) is 31.0 Å². The number of aliphatic hydroxyl groups is 3. The molecule has 0 bridgehead atoms. The molecular formula is C10H20N4O7. The molecule has 1 aliphatic heterocycles. The SMILES string of the molecule is CC(=O)NC1[C@@H](O)[C@H](O)C(CNNC(=O)CON)O[C@@H]1O. The summed E-state index contributed by atoms with van der Waals surface area (Å²) in [6.07, 6.45) is -5.30. The summed E-state index contributed by atoms with van der Waals surface area (Å²) in [5.74, 6) is 3.66. The molecule has 11 nitrogen and oxygen atoms in total. The molecule has 1 rings (SSSR count). The van der Waals surface area contributed by atoms with E-state index in [4.69, 9.17) is 10.6 Å². The van der Waals surface area contributed by atoms with Gasteiger partial charge in [-0.15, -0.1) is 0 Å². The average Bonchev–Trinajstić information content (AvgIpc) is 2.40. The number of ether oxygens (including phenoxy) is 1. The fraction of sp³-hybridized carbons (Fsp3) is 0.800. The van der Waals surface area contributed by atoms with Gasteiger partial charge in [-0.05, 0) is 0 Å². The Bertz CT molecular complexity index is 369. The molecule has 0 saturated carbocycles. The van der Waals surface area contributed by atoms with Gasteiger partial charge >= 0.3 is 0 Å². The second kappa shape index (κ2) is 8.19. The van der Waals surface area contributed by atoms with Gasteiger partial charge in [0.2, 0.25) is 5.91 Å². The number of hydrogen-bond acceptors (Lipinski definition) is 9. The van der Waals surface area contributed by atoms with Crippen LogP contribution in [0.3, 0.4) is 0 Å². The van der Waals surface area contributed by atoms with Crippen LogP contribution in [0.5, 0.6) is 0 Å². The molecule has 0 spiro atoms. The number of nitrogens with two attached hydrogens (primary N) is 1. The number of amides is 2. The topological polar surface area (TPSA) is 175 Å². The summed E-state index contributed by atoms with van der Waals surface area (Å²) in [5.41, 5.74) is 4.64. The lowest BCUT2D eigenvalue weighted by Crippen LogP contribution is -2.65. The summed E-state index contributed by atoms with van der Waals surface area (Å²) in [6.45, 7) is 0.740.